The molecular weight excluding hydrogens is 306 g/mol. The summed E-state index contributed by atoms with van der Waals surface area (Å²) in [6, 6.07) is 18.3. The van der Waals surface area contributed by atoms with E-state index < -0.39 is 0 Å². The number of amides is 1. The zero-order chi connectivity index (χ0) is 15.9. The van der Waals surface area contributed by atoms with Crippen LogP contribution < -0.4 is 10.1 Å². The fraction of sp³-hybridized carbons (Fsp3) is 0.316. The number of hydrogen-bond acceptors (Lipinski definition) is 3. The van der Waals surface area contributed by atoms with Crippen LogP contribution in [0.4, 0.5) is 0 Å². The van der Waals surface area contributed by atoms with Crippen LogP contribution in [0.1, 0.15) is 11.1 Å². The molecule has 0 fully saturated rings. The quantitative estimate of drug-likeness (QED) is 0.828. The average Bonchev–Trinajstić information content (AvgIpc) is 2.61. The number of benzene rings is 2. The van der Waals surface area contributed by atoms with Crippen LogP contribution in [0.2, 0.25) is 0 Å². The van der Waals surface area contributed by atoms with Gasteiger partial charge in [0.15, 0.2) is 0 Å². The van der Waals surface area contributed by atoms with Crippen molar-refractivity contribution < 1.29 is 9.53 Å². The first-order chi connectivity index (χ1) is 11.3. The van der Waals surface area contributed by atoms with Gasteiger partial charge in [-0.3, -0.25) is 4.79 Å². The summed E-state index contributed by atoms with van der Waals surface area (Å²) in [6.07, 6.45) is 0.763. The maximum absolute atomic E-state index is 12.2. The van der Waals surface area contributed by atoms with Crippen molar-refractivity contribution in [2.45, 2.75) is 12.2 Å². The molecule has 0 aromatic heterocycles. The zero-order valence-electron chi connectivity index (χ0n) is 13.0. The van der Waals surface area contributed by atoms with E-state index in [0.717, 1.165) is 29.2 Å². The molecule has 2 aromatic rings. The molecule has 23 heavy (non-hydrogen) atoms. The normalized spacial score (nSPS) is 16.3. The minimum atomic E-state index is -0.0796. The van der Waals surface area contributed by atoms with Gasteiger partial charge in [0.05, 0.1) is 5.92 Å². The highest BCUT2D eigenvalue weighted by molar-refractivity contribution is 7.98. The van der Waals surface area contributed by atoms with Gasteiger partial charge in [-0.2, -0.15) is 11.8 Å². The second-order valence-corrected chi connectivity index (χ2v) is 6.75. The first-order valence-electron chi connectivity index (χ1n) is 7.93. The van der Waals surface area contributed by atoms with Gasteiger partial charge in [-0.15, -0.1) is 0 Å². The summed E-state index contributed by atoms with van der Waals surface area (Å²) in [5, 5.41) is 3.03. The fourth-order valence-corrected chi connectivity index (χ4v) is 3.47. The predicted molar refractivity (Wildman–Crippen MR) is 94.7 cm³/mol. The predicted octanol–water partition coefficient (Wildman–Crippen LogP) is 3.29. The lowest BCUT2D eigenvalue weighted by Gasteiger charge is -2.24. The van der Waals surface area contributed by atoms with Gasteiger partial charge in [0.1, 0.15) is 12.4 Å². The summed E-state index contributed by atoms with van der Waals surface area (Å²) in [5.41, 5.74) is 2.44. The smallest absolute Gasteiger partial charge is 0.226 e. The Hall–Kier alpha value is -1.94. The Labute approximate surface area is 141 Å². The van der Waals surface area contributed by atoms with Crippen LogP contribution in [0, 0.1) is 5.92 Å². The molecular formula is C19H21NO2S. The molecule has 1 atom stereocenters. The van der Waals surface area contributed by atoms with Gasteiger partial charge >= 0.3 is 0 Å². The molecule has 1 aliphatic rings. The average molecular weight is 327 g/mol. The Kier molecular flexibility index (Phi) is 5.59. The molecule has 0 spiro atoms. The summed E-state index contributed by atoms with van der Waals surface area (Å²) in [5.74, 6) is 2.83. The molecule has 0 bridgehead atoms. The molecule has 3 rings (SSSR count). The van der Waals surface area contributed by atoms with Gasteiger partial charge in [0.2, 0.25) is 5.91 Å². The zero-order valence-corrected chi connectivity index (χ0v) is 13.9. The monoisotopic (exact) mass is 327 g/mol. The molecule has 1 aliphatic heterocycles. The van der Waals surface area contributed by atoms with Crippen molar-refractivity contribution in [2.75, 3.05) is 18.9 Å². The molecule has 0 saturated carbocycles. The standard InChI is InChI=1S/C19H21NO2S/c21-19(17-12-16-8-4-5-9-18(16)22-13-17)20-10-11-23-14-15-6-2-1-3-7-15/h1-9,17H,10-14H2,(H,20,21). The third kappa shape index (κ3) is 4.52. The topological polar surface area (TPSA) is 38.3 Å². The summed E-state index contributed by atoms with van der Waals surface area (Å²) < 4.78 is 5.68. The summed E-state index contributed by atoms with van der Waals surface area (Å²) in [7, 11) is 0. The number of hydrogen-bond donors (Lipinski definition) is 1. The lowest BCUT2D eigenvalue weighted by atomic mass is 9.96. The van der Waals surface area contributed by atoms with E-state index >= 15 is 0 Å². The van der Waals surface area contributed by atoms with Gasteiger partial charge in [-0.1, -0.05) is 48.5 Å². The molecule has 0 radical (unpaired) electrons. The maximum Gasteiger partial charge on any atom is 0.226 e. The lowest BCUT2D eigenvalue weighted by molar-refractivity contribution is -0.126. The van der Waals surface area contributed by atoms with Crippen LogP contribution in [0.5, 0.6) is 5.75 Å². The molecule has 1 unspecified atom stereocenters. The molecule has 3 nitrogen and oxygen atoms in total. The summed E-state index contributed by atoms with van der Waals surface area (Å²) in [6.45, 7) is 1.18. The molecule has 4 heteroatoms. The van der Waals surface area contributed by atoms with Gasteiger partial charge in [0.25, 0.3) is 0 Å². The Bertz CT molecular complexity index is 645. The van der Waals surface area contributed by atoms with Crippen molar-refractivity contribution in [1.29, 1.82) is 0 Å². The van der Waals surface area contributed by atoms with Crippen molar-refractivity contribution in [1.82, 2.24) is 5.32 Å². The van der Waals surface area contributed by atoms with Crippen molar-refractivity contribution >= 4 is 17.7 Å². The first kappa shape index (κ1) is 15.9. The van der Waals surface area contributed by atoms with E-state index in [1.165, 1.54) is 5.56 Å². The van der Waals surface area contributed by atoms with Crippen LogP contribution in [-0.4, -0.2) is 24.8 Å². The van der Waals surface area contributed by atoms with Crippen LogP contribution in [-0.2, 0) is 17.0 Å². The number of rotatable bonds is 6. The number of ether oxygens (including phenoxy) is 1. The highest BCUT2D eigenvalue weighted by Gasteiger charge is 2.25. The Balaban J connectivity index is 1.37. The Morgan fingerprint density at radius 2 is 1.91 bits per heavy atom. The van der Waals surface area contributed by atoms with E-state index in [2.05, 4.69) is 29.6 Å². The second-order valence-electron chi connectivity index (χ2n) is 5.65. The number of carbonyl (C=O) groups excluding carboxylic acids is 1. The summed E-state index contributed by atoms with van der Waals surface area (Å²) in [4.78, 5) is 12.2. The third-order valence-corrected chi connectivity index (χ3v) is 4.94. The van der Waals surface area contributed by atoms with E-state index in [-0.39, 0.29) is 11.8 Å². The molecule has 1 N–H and O–H groups in total. The summed E-state index contributed by atoms with van der Waals surface area (Å²) >= 11 is 1.84. The van der Waals surface area contributed by atoms with Crippen LogP contribution >= 0.6 is 11.8 Å². The van der Waals surface area contributed by atoms with Crippen LogP contribution in [0.25, 0.3) is 0 Å². The first-order valence-corrected chi connectivity index (χ1v) is 9.08. The van der Waals surface area contributed by atoms with E-state index in [1.807, 2.05) is 42.1 Å². The number of fused-ring (bicyclic) bond motifs is 1. The van der Waals surface area contributed by atoms with Crippen molar-refractivity contribution in [3.63, 3.8) is 0 Å². The number of nitrogens with one attached hydrogen (secondary N) is 1. The van der Waals surface area contributed by atoms with E-state index in [0.29, 0.717) is 13.2 Å². The van der Waals surface area contributed by atoms with E-state index in [9.17, 15) is 4.79 Å². The molecule has 120 valence electrons. The molecule has 0 aliphatic carbocycles. The fourth-order valence-electron chi connectivity index (χ4n) is 2.65. The number of carbonyl (C=O) groups is 1. The highest BCUT2D eigenvalue weighted by atomic mass is 32.2. The molecule has 2 aromatic carbocycles. The maximum atomic E-state index is 12.2. The largest absolute Gasteiger partial charge is 0.492 e. The minimum absolute atomic E-state index is 0.0796. The van der Waals surface area contributed by atoms with Crippen molar-refractivity contribution in [2.24, 2.45) is 5.92 Å². The SMILES string of the molecule is O=C(NCCSCc1ccccc1)C1COc2ccccc2C1. The van der Waals surface area contributed by atoms with Crippen LogP contribution in [0.3, 0.4) is 0 Å². The molecule has 1 heterocycles. The Morgan fingerprint density at radius 3 is 2.78 bits per heavy atom. The minimum Gasteiger partial charge on any atom is -0.492 e. The van der Waals surface area contributed by atoms with E-state index in [4.69, 9.17) is 4.74 Å². The third-order valence-electron chi connectivity index (χ3n) is 3.91. The number of thioether (sulfide) groups is 1. The van der Waals surface area contributed by atoms with Gasteiger partial charge in [-0.25, -0.2) is 0 Å². The highest BCUT2D eigenvalue weighted by Crippen LogP contribution is 2.26. The Morgan fingerprint density at radius 1 is 1.13 bits per heavy atom. The van der Waals surface area contributed by atoms with Crippen LogP contribution in [0.15, 0.2) is 54.6 Å². The van der Waals surface area contributed by atoms with E-state index in [1.54, 1.807) is 0 Å². The van der Waals surface area contributed by atoms with Gasteiger partial charge < -0.3 is 10.1 Å². The second kappa shape index (κ2) is 8.06. The van der Waals surface area contributed by atoms with Crippen molar-refractivity contribution in [3.05, 3.63) is 65.7 Å². The number of para-hydroxylation sites is 1. The molecule has 0 saturated heterocycles. The van der Waals surface area contributed by atoms with Gasteiger partial charge in [0, 0.05) is 18.1 Å². The van der Waals surface area contributed by atoms with Crippen molar-refractivity contribution in [3.8, 4) is 5.75 Å². The van der Waals surface area contributed by atoms with Gasteiger partial charge in [-0.05, 0) is 23.6 Å². The lowest BCUT2D eigenvalue weighted by Crippen LogP contribution is -2.38. The molecule has 1 amide bonds.